The van der Waals surface area contributed by atoms with Crippen molar-refractivity contribution in [3.63, 3.8) is 0 Å². The summed E-state index contributed by atoms with van der Waals surface area (Å²) in [6.45, 7) is 0. The molecule has 0 aliphatic heterocycles. The molecule has 0 saturated heterocycles. The van der Waals surface area contributed by atoms with E-state index in [1.807, 2.05) is 12.2 Å². The summed E-state index contributed by atoms with van der Waals surface area (Å²) in [5, 5.41) is 16.9. The van der Waals surface area contributed by atoms with E-state index in [1.54, 1.807) is 18.2 Å². The van der Waals surface area contributed by atoms with E-state index in [-0.39, 0.29) is 17.7 Å². The Labute approximate surface area is 148 Å². The van der Waals surface area contributed by atoms with Gasteiger partial charge in [0.05, 0.1) is 23.2 Å². The smallest absolute Gasteiger partial charge is 0.307 e. The molecule has 2 N–H and O–H groups in total. The molecule has 7 nitrogen and oxygen atoms in total. The molecule has 2 aromatic rings. The number of amides is 1. The maximum absolute atomic E-state index is 12.9. The first-order valence-electron chi connectivity index (χ1n) is 7.91. The number of carboxylic acid groups (broad SMARTS) is 1. The zero-order valence-electron chi connectivity index (χ0n) is 13.0. The average Bonchev–Trinajstić information content (AvgIpc) is 3.31. The van der Waals surface area contributed by atoms with Crippen molar-refractivity contribution in [3.8, 4) is 5.69 Å². The number of hydrogen-bond donors (Lipinski definition) is 2. The molecular formula is C17H15ClN4O3. The van der Waals surface area contributed by atoms with Crippen molar-refractivity contribution in [2.45, 2.75) is 6.42 Å². The van der Waals surface area contributed by atoms with Crippen LogP contribution in [0.3, 0.4) is 0 Å². The molecule has 1 fully saturated rings. The van der Waals surface area contributed by atoms with Gasteiger partial charge in [0.25, 0.3) is 0 Å². The molecular weight excluding hydrogens is 344 g/mol. The van der Waals surface area contributed by atoms with Crippen LogP contribution in [0.25, 0.3) is 5.69 Å². The van der Waals surface area contributed by atoms with Crippen LogP contribution in [0.5, 0.6) is 0 Å². The molecule has 1 amide bonds. The maximum atomic E-state index is 12.9. The van der Waals surface area contributed by atoms with E-state index >= 15 is 0 Å². The lowest BCUT2D eigenvalue weighted by Crippen LogP contribution is -2.36. The highest BCUT2D eigenvalue weighted by Gasteiger charge is 2.51. The SMILES string of the molecule is O=C(Nc1cc(Cl)ccc1-n1cncn1)[C@@H]1[C@H](C(=O)O)[C@@H]2C=C[C@H]1C2. The number of carbonyl (C=O) groups excluding carboxylic acids is 1. The highest BCUT2D eigenvalue weighted by Crippen LogP contribution is 2.48. The highest BCUT2D eigenvalue weighted by atomic mass is 35.5. The van der Waals surface area contributed by atoms with Crippen LogP contribution < -0.4 is 5.32 Å². The van der Waals surface area contributed by atoms with Gasteiger partial charge in [-0.15, -0.1) is 0 Å². The second kappa shape index (κ2) is 6.00. The lowest BCUT2D eigenvalue weighted by atomic mass is 9.82. The number of hydrogen-bond acceptors (Lipinski definition) is 4. The summed E-state index contributed by atoms with van der Waals surface area (Å²) in [6, 6.07) is 5.03. The van der Waals surface area contributed by atoms with Crippen LogP contribution in [-0.4, -0.2) is 31.7 Å². The Morgan fingerprint density at radius 2 is 2.00 bits per heavy atom. The van der Waals surface area contributed by atoms with Crippen LogP contribution in [0.4, 0.5) is 5.69 Å². The maximum Gasteiger partial charge on any atom is 0.307 e. The molecule has 2 aliphatic carbocycles. The minimum atomic E-state index is -0.931. The van der Waals surface area contributed by atoms with Crippen LogP contribution in [0.1, 0.15) is 6.42 Å². The largest absolute Gasteiger partial charge is 0.481 e. The van der Waals surface area contributed by atoms with Crippen molar-refractivity contribution in [1.29, 1.82) is 0 Å². The topological polar surface area (TPSA) is 97.1 Å². The Morgan fingerprint density at radius 1 is 1.24 bits per heavy atom. The lowest BCUT2D eigenvalue weighted by Gasteiger charge is -2.24. The van der Waals surface area contributed by atoms with Crippen molar-refractivity contribution < 1.29 is 14.7 Å². The Morgan fingerprint density at radius 3 is 2.68 bits per heavy atom. The van der Waals surface area contributed by atoms with Crippen LogP contribution in [0, 0.1) is 23.7 Å². The molecule has 25 heavy (non-hydrogen) atoms. The lowest BCUT2D eigenvalue weighted by molar-refractivity contribution is -0.146. The van der Waals surface area contributed by atoms with Crippen LogP contribution in [0.2, 0.25) is 5.02 Å². The predicted octanol–water partition coefficient (Wildman–Crippen LogP) is 2.38. The number of rotatable bonds is 4. The van der Waals surface area contributed by atoms with Gasteiger partial charge in [-0.25, -0.2) is 9.67 Å². The predicted molar refractivity (Wildman–Crippen MR) is 90.4 cm³/mol. The number of anilines is 1. The van der Waals surface area contributed by atoms with Crippen LogP contribution in [0.15, 0.2) is 43.0 Å². The summed E-state index contributed by atoms with van der Waals surface area (Å²) in [5.41, 5.74) is 1.08. The number of fused-ring (bicyclic) bond motifs is 2. The number of carbonyl (C=O) groups is 2. The van der Waals surface area contributed by atoms with Gasteiger partial charge in [-0.2, -0.15) is 5.10 Å². The number of carboxylic acids is 1. The monoisotopic (exact) mass is 358 g/mol. The van der Waals surface area contributed by atoms with Crippen molar-refractivity contribution in [1.82, 2.24) is 14.8 Å². The van der Waals surface area contributed by atoms with E-state index in [2.05, 4.69) is 15.4 Å². The highest BCUT2D eigenvalue weighted by molar-refractivity contribution is 6.31. The Bertz CT molecular complexity index is 865. The zero-order valence-corrected chi connectivity index (χ0v) is 13.8. The van der Waals surface area contributed by atoms with Gasteiger partial charge < -0.3 is 10.4 Å². The van der Waals surface area contributed by atoms with Crippen LogP contribution >= 0.6 is 11.6 Å². The molecule has 8 heteroatoms. The molecule has 2 bridgehead atoms. The molecule has 0 unspecified atom stereocenters. The summed E-state index contributed by atoms with van der Waals surface area (Å²) < 4.78 is 1.52. The molecule has 0 spiro atoms. The average molecular weight is 359 g/mol. The fourth-order valence-electron chi connectivity index (χ4n) is 3.87. The molecule has 4 rings (SSSR count). The van der Waals surface area contributed by atoms with E-state index in [1.165, 1.54) is 17.3 Å². The van der Waals surface area contributed by atoms with Gasteiger partial charge in [0, 0.05) is 5.02 Å². The Kier molecular flexibility index (Phi) is 3.80. The van der Waals surface area contributed by atoms with Gasteiger partial charge in [0.1, 0.15) is 12.7 Å². The second-order valence-corrected chi connectivity index (χ2v) is 6.77. The van der Waals surface area contributed by atoms with E-state index < -0.39 is 17.8 Å². The second-order valence-electron chi connectivity index (χ2n) is 6.33. The molecule has 1 aromatic heterocycles. The summed E-state index contributed by atoms with van der Waals surface area (Å²) in [6.07, 6.45) is 7.47. The Balaban J connectivity index is 1.64. The third kappa shape index (κ3) is 2.70. The van der Waals surface area contributed by atoms with E-state index in [9.17, 15) is 14.7 Å². The molecule has 128 valence electrons. The van der Waals surface area contributed by atoms with E-state index in [0.717, 1.165) is 0 Å². The van der Waals surface area contributed by atoms with Gasteiger partial charge in [-0.3, -0.25) is 9.59 Å². The third-order valence-electron chi connectivity index (χ3n) is 4.93. The Hall–Kier alpha value is -2.67. The third-order valence-corrected chi connectivity index (χ3v) is 5.16. The van der Waals surface area contributed by atoms with Gasteiger partial charge in [0.2, 0.25) is 5.91 Å². The number of nitrogens with one attached hydrogen (secondary N) is 1. The van der Waals surface area contributed by atoms with Crippen molar-refractivity contribution in [2.75, 3.05) is 5.32 Å². The number of aliphatic carboxylic acids is 1. The summed E-state index contributed by atoms with van der Waals surface area (Å²) >= 11 is 6.06. The number of allylic oxidation sites excluding steroid dienone is 2. The minimum absolute atomic E-state index is 0.0416. The number of benzene rings is 1. The normalized spacial score (nSPS) is 26.8. The van der Waals surface area contributed by atoms with Crippen molar-refractivity contribution >= 4 is 29.2 Å². The van der Waals surface area contributed by atoms with Gasteiger partial charge in [0.15, 0.2) is 0 Å². The van der Waals surface area contributed by atoms with E-state index in [4.69, 9.17) is 11.6 Å². The molecule has 2 aliphatic rings. The quantitative estimate of drug-likeness (QED) is 0.818. The molecule has 0 radical (unpaired) electrons. The first-order valence-corrected chi connectivity index (χ1v) is 8.29. The fraction of sp³-hybridized carbons (Fsp3) is 0.294. The molecule has 4 atom stereocenters. The van der Waals surface area contributed by atoms with Gasteiger partial charge in [-0.1, -0.05) is 23.8 Å². The van der Waals surface area contributed by atoms with Gasteiger partial charge in [-0.05, 0) is 36.5 Å². The number of aromatic nitrogens is 3. The summed E-state index contributed by atoms with van der Waals surface area (Å²) in [5.74, 6) is -2.64. The minimum Gasteiger partial charge on any atom is -0.481 e. The molecule has 1 heterocycles. The fourth-order valence-corrected chi connectivity index (χ4v) is 4.05. The summed E-state index contributed by atoms with van der Waals surface area (Å²) in [4.78, 5) is 28.4. The van der Waals surface area contributed by atoms with Crippen molar-refractivity contribution in [2.24, 2.45) is 23.7 Å². The number of halogens is 1. The number of nitrogens with zero attached hydrogens (tertiary/aromatic N) is 3. The molecule has 1 saturated carbocycles. The first kappa shape index (κ1) is 15.8. The standard InChI is InChI=1S/C17H15ClN4O3/c18-11-3-4-13(22-8-19-7-20-22)12(6-11)21-16(23)14-9-1-2-10(5-9)15(14)17(24)25/h1-4,6-10,14-15H,5H2,(H,21,23)(H,24,25)/t9-,10+,14-,15+/m0/s1. The van der Waals surface area contributed by atoms with Crippen LogP contribution in [-0.2, 0) is 9.59 Å². The van der Waals surface area contributed by atoms with Gasteiger partial charge >= 0.3 is 5.97 Å². The van der Waals surface area contributed by atoms with E-state index in [0.29, 0.717) is 22.8 Å². The first-order chi connectivity index (χ1) is 12.0. The summed E-state index contributed by atoms with van der Waals surface area (Å²) in [7, 11) is 0. The zero-order chi connectivity index (χ0) is 17.6. The van der Waals surface area contributed by atoms with Crippen molar-refractivity contribution in [3.05, 3.63) is 48.0 Å². The molecule has 1 aromatic carbocycles.